The summed E-state index contributed by atoms with van der Waals surface area (Å²) in [5.41, 5.74) is 2.82. The molecular formula is C40H49N5O8. The van der Waals surface area contributed by atoms with Crippen LogP contribution in [-0.4, -0.2) is 89.0 Å². The fraction of sp³-hybridized carbons (Fsp3) is 0.475. The minimum absolute atomic E-state index is 0.0276. The van der Waals surface area contributed by atoms with Crippen molar-refractivity contribution in [2.24, 2.45) is 5.92 Å². The van der Waals surface area contributed by atoms with Crippen LogP contribution in [0, 0.1) is 5.92 Å². The molecule has 1 aromatic heterocycles. The molecule has 6 rings (SSSR count). The van der Waals surface area contributed by atoms with Gasteiger partial charge in [0.2, 0.25) is 5.91 Å². The molecule has 2 aliphatic heterocycles. The number of hydrazine groups is 1. The molecule has 3 aromatic rings. The van der Waals surface area contributed by atoms with Crippen LogP contribution in [0.4, 0.5) is 9.59 Å². The van der Waals surface area contributed by atoms with Crippen molar-refractivity contribution in [2.75, 3.05) is 26.8 Å². The second-order valence-corrected chi connectivity index (χ2v) is 14.7. The van der Waals surface area contributed by atoms with Crippen molar-refractivity contribution < 1.29 is 38.1 Å². The Morgan fingerprint density at radius 2 is 1.85 bits per heavy atom. The number of methoxy groups -OCH3 is 1. The van der Waals surface area contributed by atoms with Crippen LogP contribution in [0.15, 0.2) is 66.7 Å². The Hall–Kier alpha value is -5.33. The number of hydrogen-bond donors (Lipinski definition) is 2. The lowest BCUT2D eigenvalue weighted by molar-refractivity contribution is -0.149. The smallest absolute Gasteiger partial charge is 0.426 e. The van der Waals surface area contributed by atoms with Crippen LogP contribution in [0.2, 0.25) is 0 Å². The molecule has 0 spiro atoms. The number of nitrogens with one attached hydrogen (secondary N) is 2. The predicted octanol–water partition coefficient (Wildman–Crippen LogP) is 6.16. The zero-order valence-electron chi connectivity index (χ0n) is 31.1. The first kappa shape index (κ1) is 37.4. The molecule has 1 saturated carbocycles. The van der Waals surface area contributed by atoms with Crippen LogP contribution in [0.1, 0.15) is 66.2 Å². The van der Waals surface area contributed by atoms with Crippen molar-refractivity contribution in [3.63, 3.8) is 0 Å². The summed E-state index contributed by atoms with van der Waals surface area (Å²) in [6.45, 7) is 7.34. The van der Waals surface area contributed by atoms with Gasteiger partial charge in [-0.1, -0.05) is 48.9 Å². The predicted molar refractivity (Wildman–Crippen MR) is 198 cm³/mol. The lowest BCUT2D eigenvalue weighted by atomic mass is 10.1. The van der Waals surface area contributed by atoms with E-state index in [-0.39, 0.29) is 32.0 Å². The number of fused-ring (bicyclic) bond motifs is 3. The van der Waals surface area contributed by atoms with Gasteiger partial charge < -0.3 is 29.2 Å². The first-order valence-electron chi connectivity index (χ1n) is 18.4. The van der Waals surface area contributed by atoms with E-state index in [1.165, 1.54) is 9.91 Å². The summed E-state index contributed by atoms with van der Waals surface area (Å²) >= 11 is 0. The van der Waals surface area contributed by atoms with Crippen molar-refractivity contribution in [1.29, 1.82) is 0 Å². The van der Waals surface area contributed by atoms with Crippen LogP contribution >= 0.6 is 0 Å². The fourth-order valence-electron chi connectivity index (χ4n) is 6.93. The third kappa shape index (κ3) is 8.66. The van der Waals surface area contributed by atoms with Gasteiger partial charge in [-0.15, -0.1) is 0 Å². The SMILES string of the molecule is CCOC(=O)C12CC1C=CCCCCCN(NC(=O)OC(C)(C)C)C(=O)N1CC(Oc3cc(-c4ccccc4)nc4cc(OC)ccc34)CC1C(=O)N2. The van der Waals surface area contributed by atoms with Crippen LogP contribution in [0.25, 0.3) is 22.2 Å². The number of pyridine rings is 1. The quantitative estimate of drug-likeness (QED) is 0.216. The zero-order valence-corrected chi connectivity index (χ0v) is 31.1. The van der Waals surface area contributed by atoms with Gasteiger partial charge in [-0.2, -0.15) is 0 Å². The Kier molecular flexibility index (Phi) is 11.1. The molecule has 0 bridgehead atoms. The van der Waals surface area contributed by atoms with E-state index in [1.807, 2.05) is 66.7 Å². The second kappa shape index (κ2) is 15.7. The number of carbonyl (C=O) groups excluding carboxylic acids is 4. The van der Waals surface area contributed by atoms with Gasteiger partial charge in [0.15, 0.2) is 0 Å². The van der Waals surface area contributed by atoms with E-state index in [1.54, 1.807) is 34.8 Å². The zero-order chi connectivity index (χ0) is 37.8. The van der Waals surface area contributed by atoms with Crippen molar-refractivity contribution in [3.8, 4) is 22.8 Å². The van der Waals surface area contributed by atoms with Gasteiger partial charge in [0, 0.05) is 42.0 Å². The molecule has 4 amide bonds. The number of esters is 1. The van der Waals surface area contributed by atoms with Crippen molar-refractivity contribution >= 4 is 34.9 Å². The summed E-state index contributed by atoms with van der Waals surface area (Å²) in [7, 11) is 1.59. The maximum Gasteiger partial charge on any atom is 0.426 e. The van der Waals surface area contributed by atoms with Gasteiger partial charge in [-0.05, 0) is 65.5 Å². The number of nitrogens with zero attached hydrogens (tertiary/aromatic N) is 3. The lowest BCUT2D eigenvalue weighted by Crippen LogP contribution is -2.58. The third-order valence-electron chi connectivity index (χ3n) is 9.63. The number of amides is 4. The molecule has 0 radical (unpaired) electrons. The van der Waals surface area contributed by atoms with Crippen molar-refractivity contribution in [2.45, 2.75) is 89.5 Å². The number of rotatable bonds is 7. The summed E-state index contributed by atoms with van der Waals surface area (Å²) in [6, 6.07) is 15.5. The molecular weight excluding hydrogens is 678 g/mol. The summed E-state index contributed by atoms with van der Waals surface area (Å²) in [4.78, 5) is 61.4. The molecule has 4 atom stereocenters. The Labute approximate surface area is 309 Å². The van der Waals surface area contributed by atoms with Gasteiger partial charge in [0.25, 0.3) is 0 Å². The maximum atomic E-state index is 14.5. The first-order chi connectivity index (χ1) is 25.4. The standard InChI is InChI=1S/C40H49N5O8/c1-6-51-36(47)40-24-27(40)17-13-8-7-9-14-20-45(43-37(48)53-39(2,3)4)38(49)44-25-29(22-33(44)35(46)42-40)52-34-23-31(26-15-11-10-12-16-26)41-32-21-28(50-5)18-19-30(32)34/h10-13,15-19,21,23,27,29,33H,6-9,14,20,22,24-25H2,1-5H3,(H,42,46)(H,43,48). The highest BCUT2D eigenvalue weighted by Gasteiger charge is 2.62. The molecule has 3 aliphatic rings. The van der Waals surface area contributed by atoms with E-state index in [2.05, 4.69) is 10.7 Å². The molecule has 53 heavy (non-hydrogen) atoms. The largest absolute Gasteiger partial charge is 0.497 e. The number of aromatic nitrogens is 1. The topological polar surface area (TPSA) is 149 Å². The van der Waals surface area contributed by atoms with Crippen LogP contribution in [-0.2, 0) is 19.1 Å². The third-order valence-corrected chi connectivity index (χ3v) is 9.63. The molecule has 2 N–H and O–H groups in total. The van der Waals surface area contributed by atoms with Gasteiger partial charge in [-0.3, -0.25) is 4.79 Å². The van der Waals surface area contributed by atoms with Crippen molar-refractivity contribution in [1.82, 2.24) is 25.6 Å². The first-order valence-corrected chi connectivity index (χ1v) is 18.4. The van der Waals surface area contributed by atoms with E-state index in [9.17, 15) is 19.2 Å². The molecule has 2 aromatic carbocycles. The normalized spacial score (nSPS) is 23.5. The minimum Gasteiger partial charge on any atom is -0.497 e. The highest BCUT2D eigenvalue weighted by Crippen LogP contribution is 2.46. The molecule has 3 heterocycles. The summed E-state index contributed by atoms with van der Waals surface area (Å²) in [6.07, 6.45) is 6.11. The Balaban J connectivity index is 1.35. The summed E-state index contributed by atoms with van der Waals surface area (Å²) in [5, 5.41) is 4.94. The highest BCUT2D eigenvalue weighted by molar-refractivity contribution is 5.95. The number of ether oxygens (including phenoxy) is 4. The fourth-order valence-corrected chi connectivity index (χ4v) is 6.93. The molecule has 282 valence electrons. The van der Waals surface area contributed by atoms with E-state index in [0.717, 1.165) is 30.2 Å². The van der Waals surface area contributed by atoms with Gasteiger partial charge in [-0.25, -0.2) is 29.8 Å². The number of allylic oxidation sites excluding steroid dienone is 1. The van der Waals surface area contributed by atoms with Crippen LogP contribution in [0.3, 0.4) is 0 Å². The van der Waals surface area contributed by atoms with Crippen molar-refractivity contribution in [3.05, 3.63) is 66.7 Å². The number of hydrogen-bond acceptors (Lipinski definition) is 9. The molecule has 1 aliphatic carbocycles. The average Bonchev–Trinajstić information content (AvgIpc) is 3.66. The molecule has 13 nitrogen and oxygen atoms in total. The number of urea groups is 1. The van der Waals surface area contributed by atoms with E-state index < -0.39 is 47.3 Å². The second-order valence-electron chi connectivity index (χ2n) is 14.7. The highest BCUT2D eigenvalue weighted by atomic mass is 16.6. The number of benzene rings is 2. The molecule has 2 fully saturated rings. The molecule has 1 saturated heterocycles. The molecule has 4 unspecified atom stereocenters. The average molecular weight is 728 g/mol. The Bertz CT molecular complexity index is 1860. The van der Waals surface area contributed by atoms with Crippen LogP contribution < -0.4 is 20.2 Å². The summed E-state index contributed by atoms with van der Waals surface area (Å²) in [5.74, 6) is -0.0750. The maximum absolute atomic E-state index is 14.5. The Morgan fingerprint density at radius 1 is 1.06 bits per heavy atom. The number of carbonyl (C=O) groups is 4. The van der Waals surface area contributed by atoms with E-state index >= 15 is 0 Å². The Morgan fingerprint density at radius 3 is 2.58 bits per heavy atom. The van der Waals surface area contributed by atoms with E-state index in [4.69, 9.17) is 23.9 Å². The lowest BCUT2D eigenvalue weighted by Gasteiger charge is -2.32. The summed E-state index contributed by atoms with van der Waals surface area (Å²) < 4.78 is 23.1. The molecule has 13 heteroatoms. The van der Waals surface area contributed by atoms with E-state index in [0.29, 0.717) is 35.6 Å². The van der Waals surface area contributed by atoms with Gasteiger partial charge in [0.05, 0.1) is 31.5 Å². The van der Waals surface area contributed by atoms with Crippen LogP contribution in [0.5, 0.6) is 11.5 Å². The van der Waals surface area contributed by atoms with Gasteiger partial charge >= 0.3 is 18.1 Å². The minimum atomic E-state index is -1.23. The van der Waals surface area contributed by atoms with Gasteiger partial charge in [0.1, 0.15) is 34.8 Å². The monoisotopic (exact) mass is 727 g/mol.